The normalized spacial score (nSPS) is 15.0. The van der Waals surface area contributed by atoms with Crippen LogP contribution in [0.5, 0.6) is 0 Å². The Kier molecular flexibility index (Phi) is 7.51. The second-order valence-electron chi connectivity index (χ2n) is 7.79. The second kappa shape index (κ2) is 10.1. The number of esters is 1. The van der Waals surface area contributed by atoms with Crippen LogP contribution in [0, 0.1) is 6.92 Å². The molecular weight excluding hydrogens is 418 g/mol. The largest absolute Gasteiger partial charge is 0.465 e. The van der Waals surface area contributed by atoms with E-state index >= 15 is 0 Å². The lowest BCUT2D eigenvalue weighted by Gasteiger charge is -2.29. The molecule has 2 aromatic rings. The van der Waals surface area contributed by atoms with Gasteiger partial charge in [-0.1, -0.05) is 29.8 Å². The van der Waals surface area contributed by atoms with Crippen LogP contribution >= 0.6 is 11.6 Å². The summed E-state index contributed by atoms with van der Waals surface area (Å²) in [6, 6.07) is 7.65. The molecule has 3 rings (SSSR count). The Hall–Kier alpha value is -2.64. The minimum absolute atomic E-state index is 0.0293. The number of ketones is 1. The summed E-state index contributed by atoms with van der Waals surface area (Å²) in [5.41, 5.74) is 2.41. The predicted octanol–water partition coefficient (Wildman–Crippen LogP) is 3.46. The van der Waals surface area contributed by atoms with Crippen LogP contribution in [-0.4, -0.2) is 54.3 Å². The maximum absolute atomic E-state index is 12.8. The number of Topliss-reactive ketones (excluding diaryl/α,β-unsaturated/α-hetero) is 1. The topological polar surface area (TPSA) is 91.5 Å². The van der Waals surface area contributed by atoms with Crippen molar-refractivity contribution in [3.63, 3.8) is 0 Å². The number of hydrogen-bond donors (Lipinski definition) is 2. The number of aromatic nitrogens is 1. The highest BCUT2D eigenvalue weighted by Crippen LogP contribution is 2.30. The second-order valence-corrected chi connectivity index (χ2v) is 8.19. The molecule has 2 heterocycles. The van der Waals surface area contributed by atoms with Gasteiger partial charge in [-0.2, -0.15) is 0 Å². The van der Waals surface area contributed by atoms with E-state index in [1.807, 2.05) is 24.3 Å². The zero-order valence-corrected chi connectivity index (χ0v) is 18.8. The van der Waals surface area contributed by atoms with Crippen molar-refractivity contribution in [3.8, 4) is 0 Å². The molecule has 0 bridgehead atoms. The molecule has 0 aliphatic carbocycles. The first-order valence-corrected chi connectivity index (χ1v) is 10.8. The molecule has 1 aliphatic heterocycles. The summed E-state index contributed by atoms with van der Waals surface area (Å²) in [6.45, 7) is 5.39. The number of rotatable bonds is 8. The molecule has 1 amide bonds. The molecule has 0 radical (unpaired) electrons. The van der Waals surface area contributed by atoms with Crippen LogP contribution < -0.4 is 5.32 Å². The number of H-pyrrole nitrogens is 1. The van der Waals surface area contributed by atoms with Crippen LogP contribution in [-0.2, 0) is 16.0 Å². The number of likely N-dealkylation sites (tertiary alicyclic amines) is 1. The molecule has 1 saturated heterocycles. The van der Waals surface area contributed by atoms with Gasteiger partial charge in [-0.05, 0) is 50.0 Å². The number of carbonyl (C=O) groups is 3. The summed E-state index contributed by atoms with van der Waals surface area (Å²) in [5, 5.41) is 3.65. The Morgan fingerprint density at radius 2 is 1.90 bits per heavy atom. The van der Waals surface area contributed by atoms with Gasteiger partial charge in [-0.15, -0.1) is 0 Å². The fraction of sp³-hybridized carbons (Fsp3) is 0.435. The van der Waals surface area contributed by atoms with Gasteiger partial charge in [-0.25, -0.2) is 4.79 Å². The Balaban J connectivity index is 1.77. The first kappa shape index (κ1) is 23.0. The number of nitrogens with zero attached hydrogens (tertiary/aromatic N) is 1. The van der Waals surface area contributed by atoms with Gasteiger partial charge < -0.3 is 15.0 Å². The highest BCUT2D eigenvalue weighted by atomic mass is 35.5. The van der Waals surface area contributed by atoms with E-state index in [2.05, 4.69) is 15.2 Å². The molecule has 2 N–H and O–H groups in total. The van der Waals surface area contributed by atoms with Gasteiger partial charge in [-0.3, -0.25) is 14.5 Å². The van der Waals surface area contributed by atoms with Crippen LogP contribution in [0.1, 0.15) is 63.5 Å². The van der Waals surface area contributed by atoms with Gasteiger partial charge in [0, 0.05) is 24.2 Å². The first-order valence-electron chi connectivity index (χ1n) is 10.4. The highest BCUT2D eigenvalue weighted by molar-refractivity contribution is 6.31. The van der Waals surface area contributed by atoms with E-state index < -0.39 is 5.97 Å². The van der Waals surface area contributed by atoms with Crippen molar-refractivity contribution in [1.82, 2.24) is 15.2 Å². The number of nitrogens with one attached hydrogen (secondary N) is 2. The monoisotopic (exact) mass is 445 g/mol. The molecule has 0 saturated carbocycles. The average molecular weight is 446 g/mol. The van der Waals surface area contributed by atoms with Crippen molar-refractivity contribution in [2.24, 2.45) is 0 Å². The third kappa shape index (κ3) is 5.17. The zero-order valence-electron chi connectivity index (χ0n) is 18.1. The maximum atomic E-state index is 12.8. The van der Waals surface area contributed by atoms with Gasteiger partial charge in [0.1, 0.15) is 0 Å². The molecule has 1 aromatic heterocycles. The van der Waals surface area contributed by atoms with Crippen molar-refractivity contribution >= 4 is 29.3 Å². The number of carbonyl (C=O) groups excluding carboxylic acids is 3. The van der Waals surface area contributed by atoms with E-state index in [0.717, 1.165) is 31.5 Å². The number of ether oxygens (including phenoxy) is 1. The van der Waals surface area contributed by atoms with E-state index in [1.165, 1.54) is 14.0 Å². The Morgan fingerprint density at radius 1 is 1.23 bits per heavy atom. The molecule has 7 nitrogen and oxygen atoms in total. The minimum Gasteiger partial charge on any atom is -0.465 e. The highest BCUT2D eigenvalue weighted by Gasteiger charge is 2.27. The number of methoxy groups -OCH3 is 1. The molecule has 1 fully saturated rings. The van der Waals surface area contributed by atoms with Crippen molar-refractivity contribution < 1.29 is 19.1 Å². The van der Waals surface area contributed by atoms with E-state index in [4.69, 9.17) is 16.3 Å². The molecule has 0 spiro atoms. The average Bonchev–Trinajstić information content (AvgIpc) is 3.37. The summed E-state index contributed by atoms with van der Waals surface area (Å²) >= 11 is 6.44. The molecule has 166 valence electrons. The molecule has 1 aromatic carbocycles. The molecule has 1 aliphatic rings. The van der Waals surface area contributed by atoms with Crippen LogP contribution in [0.2, 0.25) is 5.02 Å². The van der Waals surface area contributed by atoms with Gasteiger partial charge in [0.15, 0.2) is 5.78 Å². The van der Waals surface area contributed by atoms with Crippen molar-refractivity contribution in [2.75, 3.05) is 26.7 Å². The number of hydrogen-bond acceptors (Lipinski definition) is 5. The SMILES string of the molecule is COC(=O)c1c(CC(=O)NC[C@@H](c2ccccc2Cl)N2CCCC2)[nH]c(C(C)=O)c1C. The summed E-state index contributed by atoms with van der Waals surface area (Å²) < 4.78 is 4.85. The zero-order chi connectivity index (χ0) is 22.5. The van der Waals surface area contributed by atoms with Gasteiger partial charge >= 0.3 is 5.97 Å². The van der Waals surface area contributed by atoms with E-state index in [0.29, 0.717) is 28.5 Å². The summed E-state index contributed by atoms with van der Waals surface area (Å²) in [5.74, 6) is -1.03. The van der Waals surface area contributed by atoms with Gasteiger partial charge in [0.2, 0.25) is 5.91 Å². The van der Waals surface area contributed by atoms with Crippen LogP contribution in [0.3, 0.4) is 0 Å². The Bertz CT molecular complexity index is 979. The molecule has 8 heteroatoms. The predicted molar refractivity (Wildman–Crippen MR) is 119 cm³/mol. The van der Waals surface area contributed by atoms with Gasteiger partial charge in [0.05, 0.1) is 30.8 Å². The number of benzene rings is 1. The summed E-state index contributed by atoms with van der Waals surface area (Å²) in [6.07, 6.45) is 2.17. The Morgan fingerprint density at radius 3 is 2.52 bits per heavy atom. The Labute approximate surface area is 187 Å². The standard InChI is InChI=1S/C23H28ClN3O4/c1-14-21(23(30)31-3)18(26-22(14)15(2)28)12-20(29)25-13-19(27-10-6-7-11-27)16-8-4-5-9-17(16)24/h4-5,8-9,19,26H,6-7,10-13H2,1-3H3,(H,25,29)/t19-/m0/s1. The van der Waals surface area contributed by atoms with E-state index in [1.54, 1.807) is 6.92 Å². The molecule has 0 unspecified atom stereocenters. The van der Waals surface area contributed by atoms with Crippen molar-refractivity contribution in [1.29, 1.82) is 0 Å². The molecule has 1 atom stereocenters. The fourth-order valence-electron chi connectivity index (χ4n) is 4.19. The van der Waals surface area contributed by atoms with E-state index in [9.17, 15) is 14.4 Å². The van der Waals surface area contributed by atoms with Crippen LogP contribution in [0.15, 0.2) is 24.3 Å². The van der Waals surface area contributed by atoms with Gasteiger partial charge in [0.25, 0.3) is 0 Å². The quantitative estimate of drug-likeness (QED) is 0.479. The maximum Gasteiger partial charge on any atom is 0.339 e. The summed E-state index contributed by atoms with van der Waals surface area (Å²) in [7, 11) is 1.27. The lowest BCUT2D eigenvalue weighted by Crippen LogP contribution is -2.37. The minimum atomic E-state index is -0.574. The lowest BCUT2D eigenvalue weighted by molar-refractivity contribution is -0.120. The lowest BCUT2D eigenvalue weighted by atomic mass is 10.0. The molecular formula is C23H28ClN3O4. The van der Waals surface area contributed by atoms with Crippen molar-refractivity contribution in [2.45, 2.75) is 39.2 Å². The van der Waals surface area contributed by atoms with Crippen LogP contribution in [0.25, 0.3) is 0 Å². The number of amides is 1. The summed E-state index contributed by atoms with van der Waals surface area (Å²) in [4.78, 5) is 42.2. The third-order valence-corrected chi connectivity index (χ3v) is 6.09. The van der Waals surface area contributed by atoms with E-state index in [-0.39, 0.29) is 29.7 Å². The fourth-order valence-corrected chi connectivity index (χ4v) is 4.45. The number of halogens is 1. The first-order chi connectivity index (χ1) is 14.8. The third-order valence-electron chi connectivity index (χ3n) is 5.74. The van der Waals surface area contributed by atoms with Crippen molar-refractivity contribution in [3.05, 3.63) is 57.4 Å². The van der Waals surface area contributed by atoms with Crippen LogP contribution in [0.4, 0.5) is 0 Å². The number of aromatic amines is 1. The smallest absolute Gasteiger partial charge is 0.339 e. The molecule has 31 heavy (non-hydrogen) atoms.